The highest BCUT2D eigenvalue weighted by atomic mass is 32.1. The smallest absolute Gasteiger partial charge is 0.265 e. The quantitative estimate of drug-likeness (QED) is 0.932. The first-order valence-electron chi connectivity index (χ1n) is 7.56. The van der Waals surface area contributed by atoms with E-state index in [1.165, 1.54) is 11.3 Å². The molecule has 2 aliphatic heterocycles. The molecule has 1 aromatic carbocycles. The molecule has 0 spiro atoms. The number of benzene rings is 1. The number of nitrogens with one attached hydrogen (secondary N) is 1. The fraction of sp³-hybridized carbons (Fsp3) is 0.375. The molecule has 1 N–H and O–H groups in total. The highest BCUT2D eigenvalue weighted by Gasteiger charge is 2.25. The molecule has 2 aromatic rings. The van der Waals surface area contributed by atoms with E-state index in [2.05, 4.69) is 10.3 Å². The van der Waals surface area contributed by atoms with Crippen LogP contribution in [0.2, 0.25) is 0 Å². The fourth-order valence-corrected chi connectivity index (χ4v) is 3.74. The number of thiazole rings is 1. The number of nitrogens with zero attached hydrogens (tertiary/aromatic N) is 2. The molecule has 3 heterocycles. The molecule has 1 aromatic heterocycles. The molecule has 1 fully saturated rings. The van der Waals surface area contributed by atoms with Gasteiger partial charge in [0.1, 0.15) is 9.88 Å². The number of hydrogen-bond acceptors (Lipinski definition) is 6. The van der Waals surface area contributed by atoms with Gasteiger partial charge in [-0.15, -0.1) is 11.3 Å². The zero-order chi connectivity index (χ0) is 15.8. The summed E-state index contributed by atoms with van der Waals surface area (Å²) >= 11 is 1.41. The Bertz CT molecular complexity index is 740. The first kappa shape index (κ1) is 14.5. The maximum Gasteiger partial charge on any atom is 0.265 e. The molecule has 0 saturated carbocycles. The molecule has 23 heavy (non-hydrogen) atoms. The van der Waals surface area contributed by atoms with Gasteiger partial charge in [0.25, 0.3) is 5.91 Å². The Hall–Kier alpha value is -2.12. The summed E-state index contributed by atoms with van der Waals surface area (Å²) in [4.78, 5) is 19.5. The summed E-state index contributed by atoms with van der Waals surface area (Å²) in [6.07, 6.45) is 2.65. The van der Waals surface area contributed by atoms with E-state index in [4.69, 9.17) is 9.47 Å². The fourth-order valence-electron chi connectivity index (χ4n) is 2.85. The minimum absolute atomic E-state index is 0.0307. The molecule has 0 radical (unpaired) electrons. The molecule has 1 saturated heterocycles. The van der Waals surface area contributed by atoms with Crippen LogP contribution < -0.4 is 14.8 Å². The van der Waals surface area contributed by atoms with Crippen molar-refractivity contribution in [2.24, 2.45) is 0 Å². The first-order valence-corrected chi connectivity index (χ1v) is 8.38. The van der Waals surface area contributed by atoms with E-state index in [0.29, 0.717) is 4.88 Å². The zero-order valence-corrected chi connectivity index (χ0v) is 13.6. The van der Waals surface area contributed by atoms with Crippen LogP contribution in [0.25, 0.3) is 10.6 Å². The number of likely N-dealkylation sites (N-methyl/N-ethyl adjacent to an activating group) is 1. The average molecular weight is 331 g/mol. The van der Waals surface area contributed by atoms with Gasteiger partial charge >= 0.3 is 0 Å². The number of hydrogen-bond donors (Lipinski definition) is 1. The molecule has 2 aliphatic rings. The predicted octanol–water partition coefficient (Wildman–Crippen LogP) is 1.97. The van der Waals surface area contributed by atoms with E-state index in [1.807, 2.05) is 30.1 Å². The number of carbonyl (C=O) groups excluding carboxylic acids is 1. The van der Waals surface area contributed by atoms with Crippen molar-refractivity contribution >= 4 is 17.2 Å². The third kappa shape index (κ3) is 2.66. The van der Waals surface area contributed by atoms with Gasteiger partial charge in [-0.25, -0.2) is 4.98 Å². The monoisotopic (exact) mass is 331 g/mol. The molecule has 0 aliphatic carbocycles. The summed E-state index contributed by atoms with van der Waals surface area (Å²) in [5.41, 5.74) is 0.934. The standard InChI is InChI=1S/C16H17N3O3S/c1-19(11-4-5-17-7-11)16(20)14-8-18-15(23-14)10-2-3-12-13(6-10)22-9-21-12/h2-3,6,8,11,17H,4-5,7,9H2,1H3. The minimum Gasteiger partial charge on any atom is -0.454 e. The zero-order valence-electron chi connectivity index (χ0n) is 12.7. The lowest BCUT2D eigenvalue weighted by Gasteiger charge is -2.22. The number of carbonyl (C=O) groups is 1. The SMILES string of the molecule is CN(C(=O)c1cnc(-c2ccc3c(c2)OCO3)s1)C1CCNC1. The molecule has 7 heteroatoms. The van der Waals surface area contributed by atoms with E-state index < -0.39 is 0 Å². The summed E-state index contributed by atoms with van der Waals surface area (Å²) in [5.74, 6) is 1.50. The highest BCUT2D eigenvalue weighted by molar-refractivity contribution is 7.16. The Morgan fingerprint density at radius 1 is 1.39 bits per heavy atom. The molecule has 1 unspecified atom stereocenters. The van der Waals surface area contributed by atoms with Gasteiger partial charge in [0, 0.05) is 25.2 Å². The largest absolute Gasteiger partial charge is 0.454 e. The van der Waals surface area contributed by atoms with Crippen LogP contribution in [0.4, 0.5) is 0 Å². The van der Waals surface area contributed by atoms with Crippen molar-refractivity contribution < 1.29 is 14.3 Å². The van der Waals surface area contributed by atoms with Crippen LogP contribution in [-0.4, -0.2) is 48.8 Å². The van der Waals surface area contributed by atoms with Crippen LogP contribution in [0.15, 0.2) is 24.4 Å². The summed E-state index contributed by atoms with van der Waals surface area (Å²) in [5, 5.41) is 4.09. The lowest BCUT2D eigenvalue weighted by Crippen LogP contribution is -2.37. The number of fused-ring (bicyclic) bond motifs is 1. The molecular formula is C16H17N3O3S. The summed E-state index contributed by atoms with van der Waals surface area (Å²) in [6.45, 7) is 2.07. The van der Waals surface area contributed by atoms with Crippen LogP contribution in [-0.2, 0) is 0 Å². The maximum absolute atomic E-state index is 12.6. The molecule has 4 rings (SSSR count). The molecule has 1 atom stereocenters. The predicted molar refractivity (Wildman–Crippen MR) is 87.0 cm³/mol. The van der Waals surface area contributed by atoms with Crippen LogP contribution in [0.5, 0.6) is 11.5 Å². The second kappa shape index (κ2) is 5.82. The molecule has 6 nitrogen and oxygen atoms in total. The molecule has 1 amide bonds. The number of ether oxygens (including phenoxy) is 2. The van der Waals surface area contributed by atoms with Crippen molar-refractivity contribution in [3.8, 4) is 22.1 Å². The Morgan fingerprint density at radius 3 is 3.09 bits per heavy atom. The van der Waals surface area contributed by atoms with Crippen molar-refractivity contribution in [2.45, 2.75) is 12.5 Å². The normalized spacial score (nSPS) is 19.1. The summed E-state index contributed by atoms with van der Waals surface area (Å²) in [7, 11) is 1.86. The number of aromatic nitrogens is 1. The highest BCUT2D eigenvalue weighted by Crippen LogP contribution is 2.37. The topological polar surface area (TPSA) is 63.7 Å². The molecule has 0 bridgehead atoms. The van der Waals surface area contributed by atoms with Crippen LogP contribution >= 0.6 is 11.3 Å². The van der Waals surface area contributed by atoms with Gasteiger partial charge in [0.2, 0.25) is 6.79 Å². The van der Waals surface area contributed by atoms with Gasteiger partial charge in [-0.3, -0.25) is 4.79 Å². The third-order valence-electron chi connectivity index (χ3n) is 4.24. The maximum atomic E-state index is 12.6. The van der Waals surface area contributed by atoms with Gasteiger partial charge in [0.05, 0.1) is 6.20 Å². The van der Waals surface area contributed by atoms with Crippen molar-refractivity contribution in [2.75, 3.05) is 26.9 Å². The van der Waals surface area contributed by atoms with Gasteiger partial charge in [-0.2, -0.15) is 0 Å². The summed E-state index contributed by atoms with van der Waals surface area (Å²) < 4.78 is 10.7. The lowest BCUT2D eigenvalue weighted by atomic mass is 10.2. The van der Waals surface area contributed by atoms with E-state index in [0.717, 1.165) is 41.6 Å². The van der Waals surface area contributed by atoms with E-state index in [9.17, 15) is 4.79 Å². The third-order valence-corrected chi connectivity index (χ3v) is 5.27. The Morgan fingerprint density at radius 2 is 2.26 bits per heavy atom. The van der Waals surface area contributed by atoms with Crippen LogP contribution in [0, 0.1) is 0 Å². The first-order chi connectivity index (χ1) is 11.2. The van der Waals surface area contributed by atoms with Crippen LogP contribution in [0.1, 0.15) is 16.1 Å². The molecule has 120 valence electrons. The average Bonchev–Trinajstić information content (AvgIpc) is 3.33. The lowest BCUT2D eigenvalue weighted by molar-refractivity contribution is 0.0748. The van der Waals surface area contributed by atoms with Gasteiger partial charge in [0.15, 0.2) is 11.5 Å². The Balaban J connectivity index is 1.55. The van der Waals surface area contributed by atoms with Crippen molar-refractivity contribution in [1.29, 1.82) is 0 Å². The van der Waals surface area contributed by atoms with Crippen molar-refractivity contribution in [3.63, 3.8) is 0 Å². The van der Waals surface area contributed by atoms with E-state index in [-0.39, 0.29) is 18.7 Å². The van der Waals surface area contributed by atoms with Gasteiger partial charge < -0.3 is 19.7 Å². The van der Waals surface area contributed by atoms with E-state index >= 15 is 0 Å². The number of rotatable bonds is 3. The minimum atomic E-state index is 0.0307. The van der Waals surface area contributed by atoms with E-state index in [1.54, 1.807) is 6.20 Å². The summed E-state index contributed by atoms with van der Waals surface area (Å²) in [6, 6.07) is 5.97. The molecular weight excluding hydrogens is 314 g/mol. The van der Waals surface area contributed by atoms with Crippen molar-refractivity contribution in [3.05, 3.63) is 29.3 Å². The van der Waals surface area contributed by atoms with Crippen LogP contribution in [0.3, 0.4) is 0 Å². The van der Waals surface area contributed by atoms with Gasteiger partial charge in [-0.1, -0.05) is 0 Å². The second-order valence-corrected chi connectivity index (χ2v) is 6.69. The van der Waals surface area contributed by atoms with Gasteiger partial charge in [-0.05, 0) is 31.2 Å². The number of amides is 1. The Labute approximate surface area is 138 Å². The van der Waals surface area contributed by atoms with Crippen molar-refractivity contribution in [1.82, 2.24) is 15.2 Å². The second-order valence-electron chi connectivity index (χ2n) is 5.66. The Kier molecular flexibility index (Phi) is 3.66.